The van der Waals surface area contributed by atoms with E-state index >= 15 is 0 Å². The van der Waals surface area contributed by atoms with Gasteiger partial charge in [0.1, 0.15) is 11.5 Å². The normalized spacial score (nSPS) is 20.7. The number of benzene rings is 1. The monoisotopic (exact) mass is 365 g/mol. The smallest absolute Gasteiger partial charge is 0.244 e. The molecule has 0 aliphatic carbocycles. The molecule has 4 rings (SSSR count). The first kappa shape index (κ1) is 18.0. The Labute approximate surface area is 160 Å². The van der Waals surface area contributed by atoms with Gasteiger partial charge in [-0.2, -0.15) is 5.10 Å². The van der Waals surface area contributed by atoms with Crippen LogP contribution < -0.4 is 0 Å². The summed E-state index contributed by atoms with van der Waals surface area (Å²) in [5.41, 5.74) is 3.17. The summed E-state index contributed by atoms with van der Waals surface area (Å²) < 4.78 is 5.53. The van der Waals surface area contributed by atoms with E-state index in [4.69, 9.17) is 4.42 Å². The number of carbonyl (C=O) groups excluding carboxylic acids is 1. The second kappa shape index (κ2) is 8.09. The van der Waals surface area contributed by atoms with Crippen molar-refractivity contribution in [2.24, 2.45) is 5.10 Å². The minimum Gasteiger partial charge on any atom is -0.463 e. The fourth-order valence-corrected chi connectivity index (χ4v) is 4.02. The fraction of sp³-hybridized carbons (Fsp3) is 0.455. The van der Waals surface area contributed by atoms with Crippen molar-refractivity contribution < 1.29 is 9.21 Å². The number of likely N-dealkylation sites (tertiary alicyclic amines) is 1. The number of rotatable bonds is 5. The molecule has 0 N–H and O–H groups in total. The highest BCUT2D eigenvalue weighted by atomic mass is 16.3. The van der Waals surface area contributed by atoms with Crippen molar-refractivity contribution in [2.75, 3.05) is 19.6 Å². The number of furan rings is 1. The molecule has 0 radical (unpaired) electrons. The van der Waals surface area contributed by atoms with Crippen LogP contribution in [-0.2, 0) is 4.79 Å². The minimum atomic E-state index is -0.0566. The molecule has 1 amide bonds. The highest BCUT2D eigenvalue weighted by Gasteiger charge is 2.34. The van der Waals surface area contributed by atoms with Crippen molar-refractivity contribution in [3.8, 4) is 0 Å². The Bertz CT molecular complexity index is 807. The summed E-state index contributed by atoms with van der Waals surface area (Å²) in [5, 5.41) is 6.36. The molecule has 0 bridgehead atoms. The van der Waals surface area contributed by atoms with Gasteiger partial charge in [0.2, 0.25) is 5.91 Å². The topological polar surface area (TPSA) is 49.1 Å². The molecule has 2 aromatic rings. The van der Waals surface area contributed by atoms with Crippen molar-refractivity contribution in [3.05, 3.63) is 59.5 Å². The lowest BCUT2D eigenvalue weighted by molar-refractivity contribution is -0.133. The van der Waals surface area contributed by atoms with Crippen LogP contribution in [-0.4, -0.2) is 41.2 Å². The van der Waals surface area contributed by atoms with Crippen molar-refractivity contribution in [2.45, 2.75) is 45.1 Å². The van der Waals surface area contributed by atoms with Crippen LogP contribution >= 0.6 is 0 Å². The van der Waals surface area contributed by atoms with E-state index < -0.39 is 0 Å². The molecule has 1 unspecified atom stereocenters. The van der Waals surface area contributed by atoms with E-state index in [1.807, 2.05) is 18.2 Å². The summed E-state index contributed by atoms with van der Waals surface area (Å²) in [7, 11) is 0. The van der Waals surface area contributed by atoms with Gasteiger partial charge < -0.3 is 9.32 Å². The Morgan fingerprint density at radius 1 is 1.19 bits per heavy atom. The molecular formula is C22H27N3O2. The van der Waals surface area contributed by atoms with E-state index in [0.29, 0.717) is 12.8 Å². The third-order valence-electron chi connectivity index (χ3n) is 5.49. The first-order valence-corrected chi connectivity index (χ1v) is 9.93. The minimum absolute atomic E-state index is 0.0566. The number of hydrogen-bond donors (Lipinski definition) is 0. The summed E-state index contributed by atoms with van der Waals surface area (Å²) in [6.45, 7) is 5.11. The van der Waals surface area contributed by atoms with Gasteiger partial charge in [-0.1, -0.05) is 36.2 Å². The van der Waals surface area contributed by atoms with Gasteiger partial charge in [0.05, 0.1) is 12.3 Å². The molecule has 2 aliphatic heterocycles. The average molecular weight is 365 g/mol. The Morgan fingerprint density at radius 2 is 2.04 bits per heavy atom. The van der Waals surface area contributed by atoms with Gasteiger partial charge in [-0.05, 0) is 50.6 Å². The number of carbonyl (C=O) groups is 1. The summed E-state index contributed by atoms with van der Waals surface area (Å²) in [5.74, 6) is 0.840. The number of piperidine rings is 1. The maximum absolute atomic E-state index is 13.0. The maximum atomic E-state index is 13.0. The van der Waals surface area contributed by atoms with Crippen molar-refractivity contribution >= 4 is 11.6 Å². The molecule has 1 atom stereocenters. The van der Waals surface area contributed by atoms with Crippen LogP contribution in [0.2, 0.25) is 0 Å². The predicted octanol–water partition coefficient (Wildman–Crippen LogP) is 4.14. The van der Waals surface area contributed by atoms with Crippen LogP contribution in [0.3, 0.4) is 0 Å². The van der Waals surface area contributed by atoms with Crippen molar-refractivity contribution in [1.29, 1.82) is 0 Å². The summed E-state index contributed by atoms with van der Waals surface area (Å²) in [4.78, 5) is 15.4. The molecule has 0 saturated carbocycles. The zero-order valence-electron chi connectivity index (χ0n) is 15.9. The Kier molecular flexibility index (Phi) is 5.39. The Hall–Kier alpha value is -2.40. The zero-order valence-corrected chi connectivity index (χ0v) is 15.9. The molecule has 1 aromatic heterocycles. The molecule has 0 spiro atoms. The van der Waals surface area contributed by atoms with Gasteiger partial charge in [0.25, 0.3) is 0 Å². The lowest BCUT2D eigenvalue weighted by Gasteiger charge is -2.27. The maximum Gasteiger partial charge on any atom is 0.244 e. The lowest BCUT2D eigenvalue weighted by atomic mass is 9.99. The molecule has 3 heterocycles. The first-order chi connectivity index (χ1) is 13.2. The van der Waals surface area contributed by atoms with Crippen molar-refractivity contribution in [1.82, 2.24) is 9.91 Å². The average Bonchev–Trinajstić information content (AvgIpc) is 3.36. The summed E-state index contributed by atoms with van der Waals surface area (Å²) >= 11 is 0. The van der Waals surface area contributed by atoms with Crippen LogP contribution in [0, 0.1) is 6.92 Å². The lowest BCUT2D eigenvalue weighted by Crippen LogP contribution is -2.35. The Balaban J connectivity index is 1.52. The number of hydrazone groups is 1. The predicted molar refractivity (Wildman–Crippen MR) is 106 cm³/mol. The molecule has 1 aromatic carbocycles. The van der Waals surface area contributed by atoms with E-state index in [2.05, 4.69) is 35.1 Å². The van der Waals surface area contributed by atoms with E-state index in [-0.39, 0.29) is 11.9 Å². The second-order valence-electron chi connectivity index (χ2n) is 7.55. The number of hydrogen-bond acceptors (Lipinski definition) is 4. The van der Waals surface area contributed by atoms with Crippen LogP contribution in [0.5, 0.6) is 0 Å². The van der Waals surface area contributed by atoms with Crippen LogP contribution in [0.4, 0.5) is 0 Å². The molecular weight excluding hydrogens is 338 g/mol. The molecule has 5 heteroatoms. The molecule has 1 fully saturated rings. The van der Waals surface area contributed by atoms with Gasteiger partial charge in [0.15, 0.2) is 0 Å². The van der Waals surface area contributed by atoms with Gasteiger partial charge in [-0.25, -0.2) is 5.01 Å². The number of aryl methyl sites for hydroxylation is 1. The third-order valence-corrected chi connectivity index (χ3v) is 5.49. The molecule has 142 valence electrons. The number of amides is 1. The third kappa shape index (κ3) is 4.14. The quantitative estimate of drug-likeness (QED) is 0.800. The van der Waals surface area contributed by atoms with Gasteiger partial charge in [0, 0.05) is 19.4 Å². The highest BCUT2D eigenvalue weighted by molar-refractivity contribution is 6.01. The van der Waals surface area contributed by atoms with Crippen molar-refractivity contribution in [3.63, 3.8) is 0 Å². The molecule has 1 saturated heterocycles. The van der Waals surface area contributed by atoms with E-state index in [9.17, 15) is 4.79 Å². The van der Waals surface area contributed by atoms with E-state index in [1.54, 1.807) is 11.3 Å². The van der Waals surface area contributed by atoms with Crippen LogP contribution in [0.1, 0.15) is 55.0 Å². The van der Waals surface area contributed by atoms with Gasteiger partial charge in [-0.3, -0.25) is 4.79 Å². The van der Waals surface area contributed by atoms with Crippen LogP contribution in [0.25, 0.3) is 0 Å². The zero-order chi connectivity index (χ0) is 18.6. The Morgan fingerprint density at radius 3 is 2.78 bits per heavy atom. The molecule has 27 heavy (non-hydrogen) atoms. The second-order valence-corrected chi connectivity index (χ2v) is 7.55. The summed E-state index contributed by atoms with van der Waals surface area (Å²) in [6.07, 6.45) is 6.64. The molecule has 5 nitrogen and oxygen atoms in total. The largest absolute Gasteiger partial charge is 0.463 e. The first-order valence-electron chi connectivity index (χ1n) is 9.93. The molecule has 2 aliphatic rings. The fourth-order valence-electron chi connectivity index (χ4n) is 4.02. The van der Waals surface area contributed by atoms with E-state index in [0.717, 1.165) is 36.7 Å². The number of nitrogens with zero attached hydrogens (tertiary/aromatic N) is 3. The SMILES string of the molecule is Cc1cccc(C2CC(c3ccco3)=NN2C(=O)CCN2CCCCC2)c1. The van der Waals surface area contributed by atoms with E-state index in [1.165, 1.54) is 24.8 Å². The van der Waals surface area contributed by atoms with Crippen LogP contribution in [0.15, 0.2) is 52.2 Å². The highest BCUT2D eigenvalue weighted by Crippen LogP contribution is 2.33. The van der Waals surface area contributed by atoms with Gasteiger partial charge in [-0.15, -0.1) is 0 Å². The summed E-state index contributed by atoms with van der Waals surface area (Å²) in [6, 6.07) is 12.1. The van der Waals surface area contributed by atoms with Gasteiger partial charge >= 0.3 is 0 Å². The standard InChI is InChI=1S/C22H27N3O2/c1-17-7-5-8-18(15-17)20-16-19(21-9-6-14-27-21)23-25(20)22(26)10-13-24-11-3-2-4-12-24/h5-9,14-15,20H,2-4,10-13,16H2,1H3.